The van der Waals surface area contributed by atoms with Crippen molar-refractivity contribution in [3.05, 3.63) is 29.6 Å². The smallest absolute Gasteiger partial charge is 0.131 e. The van der Waals surface area contributed by atoms with Crippen molar-refractivity contribution in [2.45, 2.75) is 44.7 Å². The van der Waals surface area contributed by atoms with Gasteiger partial charge >= 0.3 is 0 Å². The minimum absolute atomic E-state index is 0.198. The zero-order chi connectivity index (χ0) is 14.4. The first-order valence-electron chi connectivity index (χ1n) is 7.42. The van der Waals surface area contributed by atoms with Gasteiger partial charge in [-0.25, -0.2) is 4.39 Å². The van der Waals surface area contributed by atoms with Gasteiger partial charge in [-0.3, -0.25) is 4.90 Å². The minimum atomic E-state index is -0.198. The molecule has 0 saturated carbocycles. The fourth-order valence-electron chi connectivity index (χ4n) is 2.92. The van der Waals surface area contributed by atoms with E-state index < -0.39 is 0 Å². The van der Waals surface area contributed by atoms with E-state index in [1.807, 2.05) is 12.1 Å². The van der Waals surface area contributed by atoms with E-state index in [1.54, 1.807) is 7.11 Å². The standard InChI is InChI=1S/C16H24FNO2/c1-20-15-8-7-13(16(17)11-15)12-18-9-3-2-5-14(18)6-4-10-19/h7-8,11,14,19H,2-6,9-10,12H2,1H3. The summed E-state index contributed by atoms with van der Waals surface area (Å²) in [6, 6.07) is 5.54. The van der Waals surface area contributed by atoms with Crippen LogP contribution >= 0.6 is 0 Å². The molecule has 1 fully saturated rings. The summed E-state index contributed by atoms with van der Waals surface area (Å²) in [6.07, 6.45) is 5.38. The summed E-state index contributed by atoms with van der Waals surface area (Å²) in [7, 11) is 1.55. The number of aliphatic hydroxyl groups excluding tert-OH is 1. The molecule has 1 saturated heterocycles. The predicted octanol–water partition coefficient (Wildman–Crippen LogP) is 2.96. The van der Waals surface area contributed by atoms with Crippen molar-refractivity contribution in [3.8, 4) is 5.75 Å². The van der Waals surface area contributed by atoms with Crippen LogP contribution in [0, 0.1) is 5.82 Å². The number of nitrogens with zero attached hydrogens (tertiary/aromatic N) is 1. The number of hydrogen-bond donors (Lipinski definition) is 1. The normalized spacial score (nSPS) is 20.1. The third-order valence-corrected chi connectivity index (χ3v) is 4.08. The van der Waals surface area contributed by atoms with E-state index in [9.17, 15) is 4.39 Å². The number of ether oxygens (including phenoxy) is 1. The predicted molar refractivity (Wildman–Crippen MR) is 77.3 cm³/mol. The Bertz CT molecular complexity index is 425. The fraction of sp³-hybridized carbons (Fsp3) is 0.625. The van der Waals surface area contributed by atoms with Gasteiger partial charge in [0.05, 0.1) is 7.11 Å². The second-order valence-electron chi connectivity index (χ2n) is 5.44. The number of piperidine rings is 1. The number of aliphatic hydroxyl groups is 1. The third-order valence-electron chi connectivity index (χ3n) is 4.08. The molecule has 0 aliphatic carbocycles. The molecule has 1 heterocycles. The van der Waals surface area contributed by atoms with Crippen LogP contribution in [0.4, 0.5) is 4.39 Å². The topological polar surface area (TPSA) is 32.7 Å². The van der Waals surface area contributed by atoms with Crippen molar-refractivity contribution in [2.24, 2.45) is 0 Å². The van der Waals surface area contributed by atoms with E-state index in [1.165, 1.54) is 18.9 Å². The van der Waals surface area contributed by atoms with Gasteiger partial charge in [0.2, 0.25) is 0 Å². The maximum Gasteiger partial charge on any atom is 0.131 e. The van der Waals surface area contributed by atoms with Gasteiger partial charge < -0.3 is 9.84 Å². The number of benzene rings is 1. The van der Waals surface area contributed by atoms with Crippen LogP contribution < -0.4 is 4.74 Å². The summed E-state index contributed by atoms with van der Waals surface area (Å²) >= 11 is 0. The molecule has 1 aromatic carbocycles. The molecule has 20 heavy (non-hydrogen) atoms. The lowest BCUT2D eigenvalue weighted by molar-refractivity contribution is 0.122. The minimum Gasteiger partial charge on any atom is -0.497 e. The molecule has 0 spiro atoms. The van der Waals surface area contributed by atoms with Crippen molar-refractivity contribution in [1.29, 1.82) is 0 Å². The summed E-state index contributed by atoms with van der Waals surface area (Å²) in [6.45, 7) is 1.90. The van der Waals surface area contributed by atoms with Crippen LogP contribution in [0.1, 0.15) is 37.7 Å². The van der Waals surface area contributed by atoms with E-state index in [4.69, 9.17) is 9.84 Å². The molecule has 112 valence electrons. The van der Waals surface area contributed by atoms with Crippen molar-refractivity contribution < 1.29 is 14.2 Å². The fourth-order valence-corrected chi connectivity index (χ4v) is 2.92. The molecule has 3 nitrogen and oxygen atoms in total. The molecule has 1 atom stereocenters. The van der Waals surface area contributed by atoms with Crippen LogP contribution in [0.3, 0.4) is 0 Å². The third kappa shape index (κ3) is 3.93. The van der Waals surface area contributed by atoms with E-state index in [2.05, 4.69) is 4.90 Å². The molecule has 1 N–H and O–H groups in total. The van der Waals surface area contributed by atoms with Gasteiger partial charge in [0.15, 0.2) is 0 Å². The summed E-state index contributed by atoms with van der Waals surface area (Å²) in [5.41, 5.74) is 0.724. The maximum absolute atomic E-state index is 14.0. The first kappa shape index (κ1) is 15.3. The van der Waals surface area contributed by atoms with Gasteiger partial charge in [-0.1, -0.05) is 12.5 Å². The molecule has 1 aliphatic heterocycles. The van der Waals surface area contributed by atoms with Gasteiger partial charge in [0.25, 0.3) is 0 Å². The Morgan fingerprint density at radius 1 is 1.40 bits per heavy atom. The van der Waals surface area contributed by atoms with Crippen LogP contribution in [0.2, 0.25) is 0 Å². The highest BCUT2D eigenvalue weighted by Gasteiger charge is 2.22. The molecule has 4 heteroatoms. The molecule has 1 unspecified atom stereocenters. The van der Waals surface area contributed by atoms with E-state index in [0.29, 0.717) is 18.3 Å². The zero-order valence-corrected chi connectivity index (χ0v) is 12.1. The van der Waals surface area contributed by atoms with Crippen LogP contribution in [-0.2, 0) is 6.54 Å². The first-order chi connectivity index (χ1) is 9.74. The van der Waals surface area contributed by atoms with Gasteiger partial charge in [0.1, 0.15) is 11.6 Å². The second-order valence-corrected chi connectivity index (χ2v) is 5.44. The van der Waals surface area contributed by atoms with Crippen molar-refractivity contribution in [3.63, 3.8) is 0 Å². The molecular formula is C16H24FNO2. The summed E-state index contributed by atoms with van der Waals surface area (Å²) in [4.78, 5) is 2.35. The number of likely N-dealkylation sites (tertiary alicyclic amines) is 1. The largest absolute Gasteiger partial charge is 0.497 e. The van der Waals surface area contributed by atoms with Crippen LogP contribution in [0.25, 0.3) is 0 Å². The molecule has 0 amide bonds. The average molecular weight is 281 g/mol. The van der Waals surface area contributed by atoms with Crippen LogP contribution in [-0.4, -0.2) is 36.3 Å². The maximum atomic E-state index is 14.0. The van der Waals surface area contributed by atoms with E-state index in [-0.39, 0.29) is 12.4 Å². The molecule has 1 aliphatic rings. The number of methoxy groups -OCH3 is 1. The summed E-state index contributed by atoms with van der Waals surface area (Å²) in [5.74, 6) is 0.359. The molecule has 0 aromatic heterocycles. The monoisotopic (exact) mass is 281 g/mol. The SMILES string of the molecule is COc1ccc(CN2CCCCC2CCCO)c(F)c1. The summed E-state index contributed by atoms with van der Waals surface area (Å²) in [5, 5.41) is 8.98. The van der Waals surface area contributed by atoms with Crippen LogP contribution in [0.5, 0.6) is 5.75 Å². The van der Waals surface area contributed by atoms with E-state index >= 15 is 0 Å². The van der Waals surface area contributed by atoms with Gasteiger partial charge in [-0.15, -0.1) is 0 Å². The molecule has 0 bridgehead atoms. The van der Waals surface area contributed by atoms with Crippen LogP contribution in [0.15, 0.2) is 18.2 Å². The highest BCUT2D eigenvalue weighted by Crippen LogP contribution is 2.25. The highest BCUT2D eigenvalue weighted by molar-refractivity contribution is 5.28. The molecule has 1 aromatic rings. The summed E-state index contributed by atoms with van der Waals surface area (Å²) < 4.78 is 19.1. The molecule has 2 rings (SSSR count). The molecule has 0 radical (unpaired) electrons. The van der Waals surface area contributed by atoms with Gasteiger partial charge in [-0.2, -0.15) is 0 Å². The average Bonchev–Trinajstić information content (AvgIpc) is 2.48. The van der Waals surface area contributed by atoms with E-state index in [0.717, 1.165) is 31.4 Å². The number of hydrogen-bond acceptors (Lipinski definition) is 3. The Morgan fingerprint density at radius 2 is 2.25 bits per heavy atom. The van der Waals surface area contributed by atoms with Gasteiger partial charge in [0, 0.05) is 30.8 Å². The lowest BCUT2D eigenvalue weighted by atomic mass is 9.97. The number of halogens is 1. The number of rotatable bonds is 6. The highest BCUT2D eigenvalue weighted by atomic mass is 19.1. The Hall–Kier alpha value is -1.13. The Balaban J connectivity index is 2.02. The van der Waals surface area contributed by atoms with Crippen molar-refractivity contribution in [2.75, 3.05) is 20.3 Å². The van der Waals surface area contributed by atoms with Crippen molar-refractivity contribution in [1.82, 2.24) is 4.90 Å². The Labute approximate surface area is 120 Å². The Kier molecular flexibility index (Phi) is 5.80. The zero-order valence-electron chi connectivity index (χ0n) is 12.1. The Morgan fingerprint density at radius 3 is 2.95 bits per heavy atom. The first-order valence-corrected chi connectivity index (χ1v) is 7.42. The lowest BCUT2D eigenvalue weighted by Gasteiger charge is -2.36. The quantitative estimate of drug-likeness (QED) is 0.870. The second kappa shape index (κ2) is 7.60. The van der Waals surface area contributed by atoms with Crippen molar-refractivity contribution >= 4 is 0 Å². The lowest BCUT2D eigenvalue weighted by Crippen LogP contribution is -2.39. The van der Waals surface area contributed by atoms with Gasteiger partial charge in [-0.05, 0) is 38.3 Å². The molecular weight excluding hydrogens is 257 g/mol.